The Morgan fingerprint density at radius 3 is 2.62 bits per heavy atom. The molecule has 0 unspecified atom stereocenters. The van der Waals surface area contributed by atoms with Crippen molar-refractivity contribution < 1.29 is 4.74 Å². The standard InChI is InChI=1S/C11H20BN3O/c1-4-7(5-2)14-10-9(13)6-8(12)11(15-10)16-3/h6-7H,4-5,12-13H2,1-3H3,(H,14,15). The Balaban J connectivity index is 2.95. The highest BCUT2D eigenvalue weighted by molar-refractivity contribution is 6.34. The fraction of sp³-hybridized carbons (Fsp3) is 0.545. The first-order valence-corrected chi connectivity index (χ1v) is 5.69. The second kappa shape index (κ2) is 5.63. The van der Waals surface area contributed by atoms with Gasteiger partial charge in [-0.25, -0.2) is 0 Å². The summed E-state index contributed by atoms with van der Waals surface area (Å²) in [6.45, 7) is 4.28. The van der Waals surface area contributed by atoms with Crippen molar-refractivity contribution in [2.45, 2.75) is 32.7 Å². The zero-order valence-corrected chi connectivity index (χ0v) is 10.5. The number of nitrogen functional groups attached to an aromatic ring is 1. The van der Waals surface area contributed by atoms with Gasteiger partial charge >= 0.3 is 0 Å². The average Bonchev–Trinajstić information content (AvgIpc) is 2.28. The third-order valence-corrected chi connectivity index (χ3v) is 2.72. The van der Waals surface area contributed by atoms with Crippen LogP contribution < -0.4 is 21.3 Å². The van der Waals surface area contributed by atoms with Gasteiger partial charge in [-0.15, -0.1) is 0 Å². The average molecular weight is 221 g/mol. The molecule has 0 bridgehead atoms. The number of nitrogens with zero attached hydrogens (tertiary/aromatic N) is 1. The van der Waals surface area contributed by atoms with E-state index in [0.717, 1.165) is 24.1 Å². The molecule has 88 valence electrons. The zero-order valence-electron chi connectivity index (χ0n) is 10.5. The molecule has 0 radical (unpaired) electrons. The highest BCUT2D eigenvalue weighted by atomic mass is 16.5. The van der Waals surface area contributed by atoms with Crippen molar-refractivity contribution >= 4 is 24.8 Å². The summed E-state index contributed by atoms with van der Waals surface area (Å²) < 4.78 is 5.18. The number of ether oxygens (including phenoxy) is 1. The lowest BCUT2D eigenvalue weighted by Crippen LogP contribution is -2.21. The van der Waals surface area contributed by atoms with Gasteiger partial charge in [0.15, 0.2) is 5.82 Å². The van der Waals surface area contributed by atoms with Crippen molar-refractivity contribution in [3.8, 4) is 5.88 Å². The lowest BCUT2D eigenvalue weighted by atomic mass is 9.97. The topological polar surface area (TPSA) is 60.2 Å². The number of nitrogens with two attached hydrogens (primary N) is 1. The Bertz CT molecular complexity index is 353. The minimum Gasteiger partial charge on any atom is -0.481 e. The van der Waals surface area contributed by atoms with E-state index < -0.39 is 0 Å². The van der Waals surface area contributed by atoms with E-state index in [1.807, 2.05) is 13.9 Å². The number of hydrogen-bond acceptors (Lipinski definition) is 4. The third kappa shape index (κ3) is 2.81. The van der Waals surface area contributed by atoms with Gasteiger partial charge in [0.05, 0.1) is 12.8 Å². The molecule has 0 aliphatic heterocycles. The smallest absolute Gasteiger partial charge is 0.208 e. The van der Waals surface area contributed by atoms with E-state index >= 15 is 0 Å². The second-order valence-electron chi connectivity index (χ2n) is 3.91. The summed E-state index contributed by atoms with van der Waals surface area (Å²) in [5, 5.41) is 3.33. The number of nitrogens with one attached hydrogen (secondary N) is 1. The molecule has 1 rings (SSSR count). The Labute approximate surface area is 98.0 Å². The van der Waals surface area contributed by atoms with Crippen LogP contribution >= 0.6 is 0 Å². The van der Waals surface area contributed by atoms with Crippen LogP contribution in [0.2, 0.25) is 0 Å². The summed E-state index contributed by atoms with van der Waals surface area (Å²) in [5.41, 5.74) is 7.55. The van der Waals surface area contributed by atoms with Gasteiger partial charge in [0.1, 0.15) is 7.85 Å². The number of aromatic nitrogens is 1. The summed E-state index contributed by atoms with van der Waals surface area (Å²) >= 11 is 0. The zero-order chi connectivity index (χ0) is 12.1. The van der Waals surface area contributed by atoms with Crippen LogP contribution in [0.3, 0.4) is 0 Å². The number of hydrogen-bond donors (Lipinski definition) is 2. The molecule has 4 nitrogen and oxygen atoms in total. The maximum absolute atomic E-state index is 5.92. The molecule has 1 aromatic rings. The van der Waals surface area contributed by atoms with Crippen LogP contribution in [0.4, 0.5) is 11.5 Å². The minimum absolute atomic E-state index is 0.405. The van der Waals surface area contributed by atoms with Gasteiger partial charge in [0.2, 0.25) is 5.88 Å². The van der Waals surface area contributed by atoms with E-state index in [1.165, 1.54) is 0 Å². The van der Waals surface area contributed by atoms with Crippen LogP contribution in [0.15, 0.2) is 6.07 Å². The van der Waals surface area contributed by atoms with E-state index in [4.69, 9.17) is 10.5 Å². The van der Waals surface area contributed by atoms with Crippen molar-refractivity contribution in [2.75, 3.05) is 18.2 Å². The van der Waals surface area contributed by atoms with Gasteiger partial charge in [0, 0.05) is 6.04 Å². The lowest BCUT2D eigenvalue weighted by Gasteiger charge is -2.18. The lowest BCUT2D eigenvalue weighted by molar-refractivity contribution is 0.402. The van der Waals surface area contributed by atoms with Gasteiger partial charge in [-0.1, -0.05) is 13.8 Å². The van der Waals surface area contributed by atoms with E-state index in [-0.39, 0.29) is 0 Å². The van der Waals surface area contributed by atoms with E-state index in [2.05, 4.69) is 24.1 Å². The van der Waals surface area contributed by atoms with Gasteiger partial charge in [-0.2, -0.15) is 4.98 Å². The highest BCUT2D eigenvalue weighted by Crippen LogP contribution is 2.19. The molecule has 5 heteroatoms. The first kappa shape index (κ1) is 12.7. The summed E-state index contributed by atoms with van der Waals surface area (Å²) in [5.74, 6) is 1.35. The van der Waals surface area contributed by atoms with Crippen LogP contribution in [0.5, 0.6) is 5.88 Å². The second-order valence-corrected chi connectivity index (χ2v) is 3.91. The molecule has 0 fully saturated rings. The predicted octanol–water partition coefficient (Wildman–Crippen LogP) is 0.531. The van der Waals surface area contributed by atoms with Crippen LogP contribution in [0, 0.1) is 0 Å². The minimum atomic E-state index is 0.405. The van der Waals surface area contributed by atoms with Crippen molar-refractivity contribution in [1.82, 2.24) is 4.98 Å². The van der Waals surface area contributed by atoms with Gasteiger partial charge < -0.3 is 15.8 Å². The van der Waals surface area contributed by atoms with Crippen LogP contribution in [-0.2, 0) is 0 Å². The number of methoxy groups -OCH3 is 1. The molecule has 0 aromatic carbocycles. The largest absolute Gasteiger partial charge is 0.481 e. The molecule has 0 aliphatic rings. The normalized spacial score (nSPS) is 10.5. The number of rotatable bonds is 5. The van der Waals surface area contributed by atoms with Crippen LogP contribution in [0.1, 0.15) is 26.7 Å². The summed E-state index contributed by atoms with van der Waals surface area (Å²) in [4.78, 5) is 4.37. The Hall–Kier alpha value is -1.39. The van der Waals surface area contributed by atoms with Gasteiger partial charge in [0.25, 0.3) is 0 Å². The monoisotopic (exact) mass is 221 g/mol. The molecule has 0 amide bonds. The molecule has 3 N–H and O–H groups in total. The Morgan fingerprint density at radius 1 is 1.50 bits per heavy atom. The van der Waals surface area contributed by atoms with Gasteiger partial charge in [-0.3, -0.25) is 0 Å². The van der Waals surface area contributed by atoms with Crippen LogP contribution in [0.25, 0.3) is 0 Å². The van der Waals surface area contributed by atoms with E-state index in [0.29, 0.717) is 17.6 Å². The summed E-state index contributed by atoms with van der Waals surface area (Å²) in [6.07, 6.45) is 2.10. The molecule has 0 spiro atoms. The molecule has 1 heterocycles. The van der Waals surface area contributed by atoms with Gasteiger partial charge in [-0.05, 0) is 24.4 Å². The first-order chi connectivity index (χ1) is 7.62. The molecular weight excluding hydrogens is 201 g/mol. The predicted molar refractivity (Wildman–Crippen MR) is 71.4 cm³/mol. The van der Waals surface area contributed by atoms with E-state index in [1.54, 1.807) is 7.11 Å². The molecule has 16 heavy (non-hydrogen) atoms. The molecule has 0 saturated heterocycles. The summed E-state index contributed by atoms with van der Waals surface area (Å²) in [7, 11) is 3.55. The third-order valence-electron chi connectivity index (χ3n) is 2.72. The van der Waals surface area contributed by atoms with Crippen molar-refractivity contribution in [2.24, 2.45) is 0 Å². The SMILES string of the molecule is Bc1cc(N)c(NC(CC)CC)nc1OC. The van der Waals surface area contributed by atoms with Crippen LogP contribution in [-0.4, -0.2) is 26.0 Å². The molecule has 0 saturated carbocycles. The summed E-state index contributed by atoms with van der Waals surface area (Å²) in [6, 6.07) is 2.29. The molecule has 0 aliphatic carbocycles. The highest BCUT2D eigenvalue weighted by Gasteiger charge is 2.10. The number of pyridine rings is 1. The quantitative estimate of drug-likeness (QED) is 0.712. The first-order valence-electron chi connectivity index (χ1n) is 5.69. The molecule has 1 aromatic heterocycles. The van der Waals surface area contributed by atoms with Crippen molar-refractivity contribution in [1.29, 1.82) is 0 Å². The van der Waals surface area contributed by atoms with E-state index in [9.17, 15) is 0 Å². The number of anilines is 2. The molecule has 0 atom stereocenters. The Kier molecular flexibility index (Phi) is 4.46. The van der Waals surface area contributed by atoms with Crippen molar-refractivity contribution in [3.63, 3.8) is 0 Å². The fourth-order valence-electron chi connectivity index (χ4n) is 1.63. The maximum atomic E-state index is 5.92. The maximum Gasteiger partial charge on any atom is 0.208 e. The Morgan fingerprint density at radius 2 is 2.12 bits per heavy atom. The molecular formula is C11H20BN3O. The fourth-order valence-corrected chi connectivity index (χ4v) is 1.63. The van der Waals surface area contributed by atoms with Crippen molar-refractivity contribution in [3.05, 3.63) is 6.07 Å².